The number of hydrogen-bond donors (Lipinski definition) is 2. The largest absolute Gasteiger partial charge is 0.392 e. The Morgan fingerprint density at radius 2 is 2.41 bits per heavy atom. The predicted octanol–water partition coefficient (Wildman–Crippen LogP) is 0.754. The SMILES string of the molecule is C[C@H](O)CNC(=O)c1ccnc(Cl)c1[N+](=O)[O-]. The van der Waals surface area contributed by atoms with Crippen molar-refractivity contribution in [1.82, 2.24) is 10.3 Å². The number of hydrogen-bond acceptors (Lipinski definition) is 5. The van der Waals surface area contributed by atoms with E-state index in [9.17, 15) is 14.9 Å². The van der Waals surface area contributed by atoms with E-state index in [2.05, 4.69) is 10.3 Å². The van der Waals surface area contributed by atoms with E-state index >= 15 is 0 Å². The molecule has 17 heavy (non-hydrogen) atoms. The molecule has 0 aliphatic carbocycles. The Bertz CT molecular complexity index is 450. The van der Waals surface area contributed by atoms with E-state index in [4.69, 9.17) is 16.7 Å². The number of pyridine rings is 1. The Labute approximate surface area is 102 Å². The van der Waals surface area contributed by atoms with Crippen LogP contribution in [-0.4, -0.2) is 33.6 Å². The van der Waals surface area contributed by atoms with Crippen molar-refractivity contribution in [3.8, 4) is 0 Å². The summed E-state index contributed by atoms with van der Waals surface area (Å²) < 4.78 is 0. The Morgan fingerprint density at radius 3 is 2.94 bits per heavy atom. The number of aliphatic hydroxyl groups is 1. The van der Waals surface area contributed by atoms with Crippen LogP contribution < -0.4 is 5.32 Å². The van der Waals surface area contributed by atoms with E-state index in [0.717, 1.165) is 0 Å². The second-order valence-corrected chi connectivity index (χ2v) is 3.67. The van der Waals surface area contributed by atoms with Crippen LogP contribution in [-0.2, 0) is 0 Å². The van der Waals surface area contributed by atoms with E-state index in [1.165, 1.54) is 19.2 Å². The second-order valence-electron chi connectivity index (χ2n) is 3.31. The molecule has 92 valence electrons. The van der Waals surface area contributed by atoms with Crippen molar-refractivity contribution < 1.29 is 14.8 Å². The molecule has 0 unspecified atom stereocenters. The van der Waals surface area contributed by atoms with Gasteiger partial charge in [0.1, 0.15) is 5.56 Å². The highest BCUT2D eigenvalue weighted by atomic mass is 35.5. The average molecular weight is 260 g/mol. The van der Waals surface area contributed by atoms with Crippen LogP contribution in [0.2, 0.25) is 5.15 Å². The van der Waals surface area contributed by atoms with Crippen LogP contribution in [0.3, 0.4) is 0 Å². The van der Waals surface area contributed by atoms with E-state index < -0.39 is 22.6 Å². The lowest BCUT2D eigenvalue weighted by Gasteiger charge is -2.07. The first-order chi connectivity index (χ1) is 7.93. The summed E-state index contributed by atoms with van der Waals surface area (Å²) in [5, 5.41) is 21.7. The molecule has 0 saturated carbocycles. The van der Waals surface area contributed by atoms with Gasteiger partial charge in [0.15, 0.2) is 0 Å². The lowest BCUT2D eigenvalue weighted by atomic mass is 10.2. The van der Waals surface area contributed by atoms with Gasteiger partial charge in [0.2, 0.25) is 5.15 Å². The number of nitro groups is 1. The monoisotopic (exact) mass is 259 g/mol. The molecule has 1 heterocycles. The zero-order valence-corrected chi connectivity index (χ0v) is 9.64. The molecule has 1 rings (SSSR count). The summed E-state index contributed by atoms with van der Waals surface area (Å²) in [4.78, 5) is 25.1. The fraction of sp³-hybridized carbons (Fsp3) is 0.333. The number of halogens is 1. The van der Waals surface area contributed by atoms with Gasteiger partial charge in [-0.25, -0.2) is 4.98 Å². The molecule has 0 fully saturated rings. The summed E-state index contributed by atoms with van der Waals surface area (Å²) in [6, 6.07) is 1.20. The van der Waals surface area contributed by atoms with Crippen molar-refractivity contribution in [3.05, 3.63) is 33.1 Å². The summed E-state index contributed by atoms with van der Waals surface area (Å²) in [6.45, 7) is 1.48. The first kappa shape index (κ1) is 13.3. The third-order valence-corrected chi connectivity index (χ3v) is 2.14. The lowest BCUT2D eigenvalue weighted by Crippen LogP contribution is -2.31. The first-order valence-corrected chi connectivity index (χ1v) is 5.06. The maximum absolute atomic E-state index is 11.6. The highest BCUT2D eigenvalue weighted by Crippen LogP contribution is 2.25. The number of rotatable bonds is 4. The fourth-order valence-corrected chi connectivity index (χ4v) is 1.35. The van der Waals surface area contributed by atoms with Crippen LogP contribution in [0.5, 0.6) is 0 Å². The predicted molar refractivity (Wildman–Crippen MR) is 59.9 cm³/mol. The van der Waals surface area contributed by atoms with Crippen LogP contribution in [0.1, 0.15) is 17.3 Å². The molecule has 1 aromatic rings. The highest BCUT2D eigenvalue weighted by molar-refractivity contribution is 6.32. The molecule has 0 spiro atoms. The molecule has 8 heteroatoms. The quantitative estimate of drug-likeness (QED) is 0.472. The molecule has 1 amide bonds. The van der Waals surface area contributed by atoms with E-state index in [-0.39, 0.29) is 17.3 Å². The summed E-state index contributed by atoms with van der Waals surface area (Å²) in [5.41, 5.74) is -0.729. The topological polar surface area (TPSA) is 105 Å². The van der Waals surface area contributed by atoms with Gasteiger partial charge in [-0.15, -0.1) is 0 Å². The van der Waals surface area contributed by atoms with E-state index in [1.807, 2.05) is 0 Å². The number of aromatic nitrogens is 1. The molecular weight excluding hydrogens is 250 g/mol. The van der Waals surface area contributed by atoms with Crippen LogP contribution in [0, 0.1) is 10.1 Å². The van der Waals surface area contributed by atoms with Crippen molar-refractivity contribution in [2.75, 3.05) is 6.54 Å². The number of carbonyl (C=O) groups is 1. The molecule has 1 aromatic heterocycles. The maximum Gasteiger partial charge on any atom is 0.319 e. The Kier molecular flexibility index (Phi) is 4.36. The Morgan fingerprint density at radius 1 is 1.76 bits per heavy atom. The fourth-order valence-electron chi connectivity index (χ4n) is 1.12. The van der Waals surface area contributed by atoms with E-state index in [0.29, 0.717) is 0 Å². The molecule has 0 aliphatic heterocycles. The number of amides is 1. The number of nitrogens with zero attached hydrogens (tertiary/aromatic N) is 2. The maximum atomic E-state index is 11.6. The Balaban J connectivity index is 3.01. The lowest BCUT2D eigenvalue weighted by molar-refractivity contribution is -0.385. The summed E-state index contributed by atoms with van der Waals surface area (Å²) in [6.07, 6.45) is 0.461. The molecule has 0 aromatic carbocycles. The molecule has 7 nitrogen and oxygen atoms in total. The van der Waals surface area contributed by atoms with Crippen LogP contribution >= 0.6 is 11.6 Å². The molecule has 1 atom stereocenters. The van der Waals surface area contributed by atoms with Gasteiger partial charge in [-0.2, -0.15) is 0 Å². The summed E-state index contributed by atoms with van der Waals surface area (Å²) in [7, 11) is 0. The average Bonchev–Trinajstić information content (AvgIpc) is 2.24. The van der Waals surface area contributed by atoms with Crippen molar-refractivity contribution in [2.45, 2.75) is 13.0 Å². The number of nitrogens with one attached hydrogen (secondary N) is 1. The molecule has 0 bridgehead atoms. The molecule has 0 aliphatic rings. The highest BCUT2D eigenvalue weighted by Gasteiger charge is 2.24. The van der Waals surface area contributed by atoms with Crippen molar-refractivity contribution >= 4 is 23.2 Å². The summed E-state index contributed by atoms with van der Waals surface area (Å²) >= 11 is 5.55. The van der Waals surface area contributed by atoms with Gasteiger partial charge in [0, 0.05) is 12.7 Å². The summed E-state index contributed by atoms with van der Waals surface area (Å²) in [5.74, 6) is -0.679. The minimum atomic E-state index is -0.771. The molecule has 2 N–H and O–H groups in total. The van der Waals surface area contributed by atoms with Crippen molar-refractivity contribution in [2.24, 2.45) is 0 Å². The first-order valence-electron chi connectivity index (χ1n) is 4.68. The normalized spacial score (nSPS) is 11.9. The van der Waals surface area contributed by atoms with Crippen LogP contribution in [0.4, 0.5) is 5.69 Å². The van der Waals surface area contributed by atoms with Gasteiger partial charge < -0.3 is 10.4 Å². The van der Waals surface area contributed by atoms with Gasteiger partial charge in [-0.05, 0) is 13.0 Å². The molecule has 0 radical (unpaired) electrons. The minimum Gasteiger partial charge on any atom is -0.392 e. The van der Waals surface area contributed by atoms with Crippen molar-refractivity contribution in [1.29, 1.82) is 0 Å². The minimum absolute atomic E-state index is 0.00404. The zero-order valence-electron chi connectivity index (χ0n) is 8.88. The van der Waals surface area contributed by atoms with Gasteiger partial charge >= 0.3 is 5.69 Å². The third kappa shape index (κ3) is 3.36. The van der Waals surface area contributed by atoms with Gasteiger partial charge in [0.25, 0.3) is 5.91 Å². The standard InChI is InChI=1S/C9H10ClN3O4/c1-5(14)4-12-9(15)6-2-3-11-8(10)7(6)13(16)17/h2-3,5,14H,4H2,1H3,(H,12,15)/t5-/m0/s1. The zero-order chi connectivity index (χ0) is 13.0. The molecule has 0 saturated heterocycles. The molecular formula is C9H10ClN3O4. The van der Waals surface area contributed by atoms with Gasteiger partial charge in [-0.1, -0.05) is 11.6 Å². The van der Waals surface area contributed by atoms with Crippen LogP contribution in [0.25, 0.3) is 0 Å². The third-order valence-electron chi connectivity index (χ3n) is 1.86. The Hall–Kier alpha value is -1.73. The second kappa shape index (κ2) is 5.55. The number of carbonyl (C=O) groups excluding carboxylic acids is 1. The van der Waals surface area contributed by atoms with Crippen LogP contribution in [0.15, 0.2) is 12.3 Å². The van der Waals surface area contributed by atoms with Gasteiger partial charge in [0.05, 0.1) is 11.0 Å². The van der Waals surface area contributed by atoms with Crippen molar-refractivity contribution in [3.63, 3.8) is 0 Å². The smallest absolute Gasteiger partial charge is 0.319 e. The van der Waals surface area contributed by atoms with Gasteiger partial charge in [-0.3, -0.25) is 14.9 Å². The van der Waals surface area contributed by atoms with E-state index in [1.54, 1.807) is 0 Å². The number of aliphatic hydroxyl groups excluding tert-OH is 1.